The molecule has 0 unspecified atom stereocenters. The molecule has 0 aliphatic rings. The first-order chi connectivity index (χ1) is 7.74. The second-order valence-electron chi connectivity index (χ2n) is 3.16. The van der Waals surface area contributed by atoms with Crippen molar-refractivity contribution in [2.75, 3.05) is 7.11 Å². The van der Waals surface area contributed by atoms with Crippen molar-refractivity contribution >= 4 is 22.9 Å². The first kappa shape index (κ1) is 11.2. The Morgan fingerprint density at radius 3 is 2.94 bits per heavy atom. The average Bonchev–Trinajstić information content (AvgIpc) is 2.78. The second kappa shape index (κ2) is 4.72. The van der Waals surface area contributed by atoms with E-state index in [0.29, 0.717) is 11.6 Å². The maximum absolute atomic E-state index is 9.47. The zero-order chi connectivity index (χ0) is 11.5. The van der Waals surface area contributed by atoms with Crippen molar-refractivity contribution in [3.8, 4) is 22.1 Å². The summed E-state index contributed by atoms with van der Waals surface area (Å²) in [5.41, 5.74) is 1.77. The fourth-order valence-corrected chi connectivity index (χ4v) is 2.36. The quantitative estimate of drug-likeness (QED) is 0.856. The summed E-state index contributed by atoms with van der Waals surface area (Å²) >= 11 is 7.21. The molecule has 1 N–H and O–H groups in total. The Labute approximate surface area is 102 Å². The number of aromatic hydroxyl groups is 1. The SMILES string of the molecule is COc1cc(-c2nc(CCl)cs2)ccc1O. The number of hydrogen-bond acceptors (Lipinski definition) is 4. The number of benzene rings is 1. The van der Waals surface area contributed by atoms with E-state index in [1.807, 2.05) is 5.38 Å². The van der Waals surface area contributed by atoms with E-state index in [2.05, 4.69) is 4.98 Å². The van der Waals surface area contributed by atoms with Crippen molar-refractivity contribution < 1.29 is 9.84 Å². The molecule has 2 aromatic rings. The molecular weight excluding hydrogens is 246 g/mol. The lowest BCUT2D eigenvalue weighted by Gasteiger charge is -2.04. The lowest BCUT2D eigenvalue weighted by molar-refractivity contribution is 0.373. The number of hydrogen-bond donors (Lipinski definition) is 1. The average molecular weight is 256 g/mol. The van der Waals surface area contributed by atoms with Crippen molar-refractivity contribution in [2.24, 2.45) is 0 Å². The summed E-state index contributed by atoms with van der Waals surface area (Å²) in [5.74, 6) is 0.978. The highest BCUT2D eigenvalue weighted by Gasteiger charge is 2.07. The Bertz CT molecular complexity index is 498. The van der Waals surface area contributed by atoms with Crippen molar-refractivity contribution in [1.29, 1.82) is 0 Å². The van der Waals surface area contributed by atoms with Crippen LogP contribution in [0.15, 0.2) is 23.6 Å². The van der Waals surface area contributed by atoms with Crippen LogP contribution in [-0.2, 0) is 5.88 Å². The molecule has 3 nitrogen and oxygen atoms in total. The number of phenolic OH excluding ortho intramolecular Hbond substituents is 1. The third-order valence-corrected chi connectivity index (χ3v) is 3.33. The van der Waals surface area contributed by atoms with Crippen LogP contribution in [0.1, 0.15) is 5.69 Å². The fourth-order valence-electron chi connectivity index (χ4n) is 1.31. The van der Waals surface area contributed by atoms with Gasteiger partial charge in [-0.25, -0.2) is 4.98 Å². The largest absolute Gasteiger partial charge is 0.504 e. The molecule has 16 heavy (non-hydrogen) atoms. The van der Waals surface area contributed by atoms with Crippen LogP contribution in [-0.4, -0.2) is 17.2 Å². The van der Waals surface area contributed by atoms with Crippen LogP contribution in [0.3, 0.4) is 0 Å². The van der Waals surface area contributed by atoms with Crippen LogP contribution in [0.4, 0.5) is 0 Å². The summed E-state index contributed by atoms with van der Waals surface area (Å²) in [7, 11) is 1.52. The number of nitrogens with zero attached hydrogens (tertiary/aromatic N) is 1. The molecule has 1 aromatic heterocycles. The number of ether oxygens (including phenoxy) is 1. The summed E-state index contributed by atoms with van der Waals surface area (Å²) in [6.45, 7) is 0. The van der Waals surface area contributed by atoms with Crippen molar-refractivity contribution in [1.82, 2.24) is 4.98 Å². The molecule has 0 spiro atoms. The Hall–Kier alpha value is -1.26. The Morgan fingerprint density at radius 2 is 2.31 bits per heavy atom. The number of rotatable bonds is 3. The van der Waals surface area contributed by atoms with E-state index in [0.717, 1.165) is 16.3 Å². The predicted molar refractivity (Wildman–Crippen MR) is 65.3 cm³/mol. The molecule has 0 fully saturated rings. The molecule has 0 aliphatic carbocycles. The molecule has 1 heterocycles. The highest BCUT2D eigenvalue weighted by atomic mass is 35.5. The van der Waals surface area contributed by atoms with E-state index < -0.39 is 0 Å². The topological polar surface area (TPSA) is 42.4 Å². The molecule has 0 radical (unpaired) electrons. The van der Waals surface area contributed by atoms with Crippen molar-refractivity contribution in [2.45, 2.75) is 5.88 Å². The van der Waals surface area contributed by atoms with Gasteiger partial charge in [0.2, 0.25) is 0 Å². The smallest absolute Gasteiger partial charge is 0.161 e. The number of methoxy groups -OCH3 is 1. The van der Waals surface area contributed by atoms with E-state index in [-0.39, 0.29) is 5.75 Å². The molecule has 5 heteroatoms. The monoisotopic (exact) mass is 255 g/mol. The summed E-state index contributed by atoms with van der Waals surface area (Å²) in [5, 5.41) is 12.3. The van der Waals surface area contributed by atoms with E-state index in [9.17, 15) is 5.11 Å². The fraction of sp³-hybridized carbons (Fsp3) is 0.182. The van der Waals surface area contributed by atoms with Crippen LogP contribution in [0, 0.1) is 0 Å². The third kappa shape index (κ3) is 2.13. The molecule has 0 amide bonds. The van der Waals surface area contributed by atoms with Gasteiger partial charge in [0, 0.05) is 10.9 Å². The van der Waals surface area contributed by atoms with Crippen molar-refractivity contribution in [3.05, 3.63) is 29.3 Å². The van der Waals surface area contributed by atoms with Gasteiger partial charge in [-0.1, -0.05) is 0 Å². The highest BCUT2D eigenvalue weighted by molar-refractivity contribution is 7.13. The van der Waals surface area contributed by atoms with Crippen LogP contribution < -0.4 is 4.74 Å². The van der Waals surface area contributed by atoms with Gasteiger partial charge in [-0.2, -0.15) is 0 Å². The van der Waals surface area contributed by atoms with Gasteiger partial charge < -0.3 is 9.84 Å². The lowest BCUT2D eigenvalue weighted by Crippen LogP contribution is -1.85. The van der Waals surface area contributed by atoms with Crippen LogP contribution in [0.25, 0.3) is 10.6 Å². The summed E-state index contributed by atoms with van der Waals surface area (Å²) in [6.07, 6.45) is 0. The first-order valence-corrected chi connectivity index (χ1v) is 6.03. The minimum Gasteiger partial charge on any atom is -0.504 e. The molecule has 0 bridgehead atoms. The van der Waals surface area contributed by atoms with Gasteiger partial charge in [0.1, 0.15) is 5.01 Å². The third-order valence-electron chi connectivity index (χ3n) is 2.12. The predicted octanol–water partition coefficient (Wildman–Crippen LogP) is 3.26. The minimum atomic E-state index is 0.125. The number of thiazole rings is 1. The molecular formula is C11H10ClNO2S. The van der Waals surface area contributed by atoms with Gasteiger partial charge in [0.15, 0.2) is 11.5 Å². The Morgan fingerprint density at radius 1 is 1.50 bits per heavy atom. The number of alkyl halides is 1. The lowest BCUT2D eigenvalue weighted by atomic mass is 10.2. The molecule has 0 saturated carbocycles. The van der Waals surface area contributed by atoms with Gasteiger partial charge in [0.05, 0.1) is 18.7 Å². The second-order valence-corrected chi connectivity index (χ2v) is 4.29. The molecule has 0 saturated heterocycles. The first-order valence-electron chi connectivity index (χ1n) is 4.62. The standard InChI is InChI=1S/C11H10ClNO2S/c1-15-10-4-7(2-3-9(10)14)11-13-8(5-12)6-16-11/h2-4,6,14H,5H2,1H3. The van der Waals surface area contributed by atoms with Gasteiger partial charge in [-0.15, -0.1) is 22.9 Å². The van der Waals surface area contributed by atoms with E-state index in [1.165, 1.54) is 18.4 Å². The molecule has 2 rings (SSSR count). The number of halogens is 1. The van der Waals surface area contributed by atoms with Crippen LogP contribution in [0.2, 0.25) is 0 Å². The van der Waals surface area contributed by atoms with Crippen LogP contribution >= 0.6 is 22.9 Å². The van der Waals surface area contributed by atoms with E-state index >= 15 is 0 Å². The minimum absolute atomic E-state index is 0.125. The number of aromatic nitrogens is 1. The highest BCUT2D eigenvalue weighted by Crippen LogP contribution is 2.32. The van der Waals surface area contributed by atoms with Gasteiger partial charge in [-0.05, 0) is 18.2 Å². The summed E-state index contributed by atoms with van der Waals surface area (Å²) < 4.78 is 5.04. The van der Waals surface area contributed by atoms with Gasteiger partial charge in [-0.3, -0.25) is 0 Å². The van der Waals surface area contributed by atoms with Gasteiger partial charge >= 0.3 is 0 Å². The molecule has 0 atom stereocenters. The molecule has 1 aromatic carbocycles. The van der Waals surface area contributed by atoms with Gasteiger partial charge in [0.25, 0.3) is 0 Å². The van der Waals surface area contributed by atoms with E-state index in [4.69, 9.17) is 16.3 Å². The normalized spacial score (nSPS) is 10.4. The Balaban J connectivity index is 2.40. The van der Waals surface area contributed by atoms with Crippen molar-refractivity contribution in [3.63, 3.8) is 0 Å². The van der Waals surface area contributed by atoms with Crippen LogP contribution in [0.5, 0.6) is 11.5 Å². The maximum Gasteiger partial charge on any atom is 0.161 e. The maximum atomic E-state index is 9.47. The molecule has 0 aliphatic heterocycles. The zero-order valence-corrected chi connectivity index (χ0v) is 10.2. The van der Waals surface area contributed by atoms with E-state index in [1.54, 1.807) is 18.2 Å². The zero-order valence-electron chi connectivity index (χ0n) is 8.61. The Kier molecular flexibility index (Phi) is 3.31. The molecule has 84 valence electrons. The number of phenols is 1. The summed E-state index contributed by atoms with van der Waals surface area (Å²) in [4.78, 5) is 4.35. The summed E-state index contributed by atoms with van der Waals surface area (Å²) in [6, 6.07) is 5.15.